The minimum absolute atomic E-state index is 0.263. The second-order valence-corrected chi connectivity index (χ2v) is 10.6. The molecule has 212 valence electrons. The van der Waals surface area contributed by atoms with Gasteiger partial charge >= 0.3 is 0 Å². The van der Waals surface area contributed by atoms with Crippen LogP contribution in [-0.2, 0) is 6.42 Å². The van der Waals surface area contributed by atoms with Crippen LogP contribution in [0, 0.1) is 11.7 Å². The number of alkyl halides is 1. The SMILES string of the molecule is C=C(c1ccc(-c2cnc(CCC3CCN(CC(C)(C)F)CC3)cn2)cc1F)N1CCCCC1.CC.CC. The van der Waals surface area contributed by atoms with Crippen LogP contribution in [0.2, 0.25) is 0 Å². The number of halogens is 2. The summed E-state index contributed by atoms with van der Waals surface area (Å²) in [7, 11) is 0. The molecule has 2 aliphatic rings. The summed E-state index contributed by atoms with van der Waals surface area (Å²) in [6.07, 6.45) is 11.2. The topological polar surface area (TPSA) is 32.3 Å². The third kappa shape index (κ3) is 9.76. The summed E-state index contributed by atoms with van der Waals surface area (Å²) in [6.45, 7) is 19.8. The molecule has 3 heterocycles. The molecule has 2 aromatic rings. The van der Waals surface area contributed by atoms with Gasteiger partial charge < -0.3 is 9.80 Å². The summed E-state index contributed by atoms with van der Waals surface area (Å²) in [5.74, 6) is 0.386. The van der Waals surface area contributed by atoms with Crippen LogP contribution in [-0.4, -0.2) is 58.2 Å². The smallest absolute Gasteiger partial charge is 0.133 e. The molecule has 0 bridgehead atoms. The Morgan fingerprint density at radius 1 is 0.974 bits per heavy atom. The van der Waals surface area contributed by atoms with Crippen molar-refractivity contribution in [3.05, 3.63) is 54.2 Å². The number of benzene rings is 1. The highest BCUT2D eigenvalue weighted by Crippen LogP contribution is 2.28. The van der Waals surface area contributed by atoms with E-state index in [1.807, 2.05) is 46.0 Å². The number of hydrogen-bond acceptors (Lipinski definition) is 4. The minimum Gasteiger partial charge on any atom is -0.371 e. The molecule has 0 unspecified atom stereocenters. The lowest BCUT2D eigenvalue weighted by Gasteiger charge is -2.34. The van der Waals surface area contributed by atoms with E-state index in [1.165, 1.54) is 6.42 Å². The number of hydrogen-bond donors (Lipinski definition) is 0. The van der Waals surface area contributed by atoms with Crippen LogP contribution >= 0.6 is 0 Å². The Morgan fingerprint density at radius 2 is 1.63 bits per heavy atom. The van der Waals surface area contributed by atoms with Gasteiger partial charge in [-0.05, 0) is 89.9 Å². The molecule has 4 rings (SSSR count). The molecule has 2 aliphatic heterocycles. The summed E-state index contributed by atoms with van der Waals surface area (Å²) < 4.78 is 28.8. The van der Waals surface area contributed by atoms with Gasteiger partial charge in [-0.15, -0.1) is 0 Å². The highest BCUT2D eigenvalue weighted by molar-refractivity contribution is 5.67. The maximum atomic E-state index is 14.9. The quantitative estimate of drug-likeness (QED) is 0.346. The van der Waals surface area contributed by atoms with E-state index >= 15 is 0 Å². The fourth-order valence-electron chi connectivity index (χ4n) is 5.19. The fourth-order valence-corrected chi connectivity index (χ4v) is 5.19. The highest BCUT2D eigenvalue weighted by Gasteiger charge is 2.25. The summed E-state index contributed by atoms with van der Waals surface area (Å²) in [4.78, 5) is 13.6. The lowest BCUT2D eigenvalue weighted by Crippen LogP contribution is -2.41. The van der Waals surface area contributed by atoms with Crippen molar-refractivity contribution in [1.29, 1.82) is 0 Å². The van der Waals surface area contributed by atoms with Gasteiger partial charge in [0.15, 0.2) is 0 Å². The van der Waals surface area contributed by atoms with E-state index in [4.69, 9.17) is 0 Å². The van der Waals surface area contributed by atoms with Crippen LogP contribution in [0.25, 0.3) is 17.0 Å². The second-order valence-electron chi connectivity index (χ2n) is 10.6. The number of likely N-dealkylation sites (tertiary alicyclic amines) is 2. The first-order chi connectivity index (χ1) is 18.3. The molecule has 0 radical (unpaired) electrons. The van der Waals surface area contributed by atoms with E-state index in [0.29, 0.717) is 23.7 Å². The first-order valence-electron chi connectivity index (χ1n) is 14.7. The number of aromatic nitrogens is 2. The van der Waals surface area contributed by atoms with Gasteiger partial charge in [-0.3, -0.25) is 9.97 Å². The monoisotopic (exact) mass is 528 g/mol. The van der Waals surface area contributed by atoms with Crippen molar-refractivity contribution >= 4 is 5.70 Å². The first-order valence-corrected chi connectivity index (χ1v) is 14.7. The molecule has 0 saturated carbocycles. The van der Waals surface area contributed by atoms with Crippen molar-refractivity contribution < 1.29 is 8.78 Å². The van der Waals surface area contributed by atoms with E-state index in [-0.39, 0.29) is 5.82 Å². The molecule has 2 saturated heterocycles. The molecule has 6 heteroatoms. The van der Waals surface area contributed by atoms with Crippen molar-refractivity contribution in [3.8, 4) is 11.3 Å². The third-order valence-corrected chi connectivity index (χ3v) is 7.13. The van der Waals surface area contributed by atoms with Gasteiger partial charge in [0, 0.05) is 42.7 Å². The Kier molecular flexibility index (Phi) is 13.4. The van der Waals surface area contributed by atoms with Gasteiger partial charge in [0.1, 0.15) is 11.5 Å². The van der Waals surface area contributed by atoms with Crippen molar-refractivity contribution in [2.75, 3.05) is 32.7 Å². The number of rotatable bonds is 8. The van der Waals surface area contributed by atoms with Gasteiger partial charge in [-0.25, -0.2) is 8.78 Å². The predicted molar refractivity (Wildman–Crippen MR) is 157 cm³/mol. The van der Waals surface area contributed by atoms with E-state index in [1.54, 1.807) is 26.1 Å². The van der Waals surface area contributed by atoms with E-state index in [2.05, 4.69) is 26.3 Å². The average molecular weight is 529 g/mol. The normalized spacial score (nSPS) is 16.7. The first kappa shape index (κ1) is 31.9. The van der Waals surface area contributed by atoms with Gasteiger partial charge in [0.2, 0.25) is 0 Å². The molecular formula is C32H50F2N4. The highest BCUT2D eigenvalue weighted by atomic mass is 19.1. The van der Waals surface area contributed by atoms with Crippen LogP contribution in [0.4, 0.5) is 8.78 Å². The average Bonchev–Trinajstić information content (AvgIpc) is 2.94. The molecular weight excluding hydrogens is 478 g/mol. The standard InChI is InChI=1S/C28H38F2N4.2C2H6/c1-21(34-13-5-4-6-14-34)25-10-8-23(17-26(25)29)27-19-31-24(18-32-27)9-7-22-11-15-33(16-12-22)20-28(2,3)30;2*1-2/h8,10,17-19,22H,1,4-7,9,11-16,20H2,2-3H3;2*1-2H3. The maximum Gasteiger partial charge on any atom is 0.133 e. The third-order valence-electron chi connectivity index (χ3n) is 7.13. The predicted octanol–water partition coefficient (Wildman–Crippen LogP) is 8.18. The van der Waals surface area contributed by atoms with Gasteiger partial charge in [0.25, 0.3) is 0 Å². The Balaban J connectivity index is 0.00000121. The molecule has 0 N–H and O–H groups in total. The summed E-state index contributed by atoms with van der Waals surface area (Å²) in [5.41, 5.74) is 2.58. The van der Waals surface area contributed by atoms with Crippen molar-refractivity contribution in [1.82, 2.24) is 19.8 Å². The molecule has 1 aromatic heterocycles. The van der Waals surface area contributed by atoms with Gasteiger partial charge in [-0.2, -0.15) is 0 Å². The molecule has 0 amide bonds. The zero-order valence-electron chi connectivity index (χ0n) is 24.7. The minimum atomic E-state index is -1.13. The van der Waals surface area contributed by atoms with Crippen LogP contribution < -0.4 is 0 Å². The maximum absolute atomic E-state index is 14.9. The molecule has 1 aromatic carbocycles. The largest absolute Gasteiger partial charge is 0.371 e. The molecule has 2 fully saturated rings. The van der Waals surface area contributed by atoms with Crippen molar-refractivity contribution in [2.45, 2.75) is 92.2 Å². The van der Waals surface area contributed by atoms with E-state index in [9.17, 15) is 8.78 Å². The van der Waals surface area contributed by atoms with Gasteiger partial charge in [0.05, 0.1) is 17.6 Å². The number of piperidine rings is 2. The van der Waals surface area contributed by atoms with Crippen molar-refractivity contribution in [3.63, 3.8) is 0 Å². The van der Waals surface area contributed by atoms with Crippen LogP contribution in [0.5, 0.6) is 0 Å². The molecule has 0 atom stereocenters. The lowest BCUT2D eigenvalue weighted by molar-refractivity contribution is 0.0942. The summed E-state index contributed by atoms with van der Waals surface area (Å²) in [5, 5.41) is 0. The summed E-state index contributed by atoms with van der Waals surface area (Å²) in [6, 6.07) is 5.26. The second kappa shape index (κ2) is 15.9. The Hall–Kier alpha value is -2.34. The van der Waals surface area contributed by atoms with Crippen LogP contribution in [0.15, 0.2) is 37.2 Å². The summed E-state index contributed by atoms with van der Waals surface area (Å²) >= 11 is 0. The Bertz CT molecular complexity index is 954. The Morgan fingerprint density at radius 3 is 2.18 bits per heavy atom. The number of nitrogens with zero attached hydrogens (tertiary/aromatic N) is 4. The van der Waals surface area contributed by atoms with Crippen LogP contribution in [0.3, 0.4) is 0 Å². The Labute approximate surface area is 230 Å². The van der Waals surface area contributed by atoms with Crippen molar-refractivity contribution in [2.24, 2.45) is 5.92 Å². The zero-order valence-corrected chi connectivity index (χ0v) is 24.7. The zero-order chi connectivity index (χ0) is 28.1. The molecule has 4 nitrogen and oxygen atoms in total. The van der Waals surface area contributed by atoms with E-state index in [0.717, 1.165) is 81.7 Å². The van der Waals surface area contributed by atoms with E-state index < -0.39 is 5.67 Å². The lowest BCUT2D eigenvalue weighted by atomic mass is 9.91. The molecule has 0 aliphatic carbocycles. The van der Waals surface area contributed by atoms with Gasteiger partial charge in [-0.1, -0.05) is 40.3 Å². The van der Waals surface area contributed by atoms with Crippen LogP contribution in [0.1, 0.15) is 91.3 Å². The fraction of sp³-hybridized carbons (Fsp3) is 0.625. The number of aryl methyl sites for hydroxylation is 1. The molecule has 38 heavy (non-hydrogen) atoms. The molecule has 0 spiro atoms.